The third kappa shape index (κ3) is 8.45. The number of unbranched alkanes of at least 4 members (excludes halogenated alkanes) is 5. The number of nitrogens with one attached hydrogen (secondary N) is 1. The lowest BCUT2D eigenvalue weighted by Gasteiger charge is -2.21. The maximum atomic E-state index is 13.0. The van der Waals surface area contributed by atoms with E-state index in [0.29, 0.717) is 13.0 Å². The van der Waals surface area contributed by atoms with Crippen LogP contribution in [0.3, 0.4) is 0 Å². The fourth-order valence-corrected chi connectivity index (χ4v) is 2.79. The maximum absolute atomic E-state index is 13.0. The Labute approximate surface area is 159 Å². The second kappa shape index (κ2) is 11.6. The zero-order valence-electron chi connectivity index (χ0n) is 16.1. The fraction of sp³-hybridized carbons (Fsp3) is 0.600. The van der Waals surface area contributed by atoms with Gasteiger partial charge in [0.05, 0.1) is 17.8 Å². The summed E-state index contributed by atoms with van der Waals surface area (Å²) in [5.74, 6) is -0.780. The molecule has 0 aliphatic rings. The van der Waals surface area contributed by atoms with Gasteiger partial charge in [0.1, 0.15) is 0 Å². The molecule has 0 aliphatic heterocycles. The standard InChI is InChI=1S/C20H29F3N2O2/c1-3-5-6-7-8-9-14-19(27)25(4-2)15-18(26)24-17-13-11-10-12-16(17)20(21,22)23/h10-13H,3-9,14-15H2,1-2H3,(H,24,26). The van der Waals surface area contributed by atoms with Crippen LogP contribution in [-0.4, -0.2) is 29.8 Å². The Bertz CT molecular complexity index is 603. The molecule has 1 rings (SSSR count). The highest BCUT2D eigenvalue weighted by Crippen LogP contribution is 2.34. The van der Waals surface area contributed by atoms with E-state index < -0.39 is 17.6 Å². The van der Waals surface area contributed by atoms with Crippen LogP contribution in [0.25, 0.3) is 0 Å². The molecule has 0 aliphatic carbocycles. The summed E-state index contributed by atoms with van der Waals surface area (Å²) in [4.78, 5) is 25.8. The topological polar surface area (TPSA) is 49.4 Å². The normalized spacial score (nSPS) is 11.3. The Kier molecular flexibility index (Phi) is 9.89. The molecule has 0 saturated carbocycles. The second-order valence-electron chi connectivity index (χ2n) is 6.52. The maximum Gasteiger partial charge on any atom is 0.418 e. The number of carbonyl (C=O) groups is 2. The molecule has 0 radical (unpaired) electrons. The van der Waals surface area contributed by atoms with Crippen molar-refractivity contribution < 1.29 is 22.8 Å². The molecule has 0 bridgehead atoms. The Morgan fingerprint density at radius 1 is 1.00 bits per heavy atom. The summed E-state index contributed by atoms with van der Waals surface area (Å²) in [7, 11) is 0. The molecule has 152 valence electrons. The monoisotopic (exact) mass is 386 g/mol. The Morgan fingerprint density at radius 3 is 2.26 bits per heavy atom. The van der Waals surface area contributed by atoms with Crippen LogP contribution in [0, 0.1) is 0 Å². The smallest absolute Gasteiger partial charge is 0.334 e. The molecule has 0 fully saturated rings. The number of rotatable bonds is 11. The van der Waals surface area contributed by atoms with Gasteiger partial charge in [0.25, 0.3) is 0 Å². The number of carbonyl (C=O) groups excluding carboxylic acids is 2. The van der Waals surface area contributed by atoms with Crippen LogP contribution in [0.15, 0.2) is 24.3 Å². The number of hydrogen-bond donors (Lipinski definition) is 1. The number of nitrogens with zero attached hydrogens (tertiary/aromatic N) is 1. The first-order valence-electron chi connectivity index (χ1n) is 9.53. The Balaban J connectivity index is 2.53. The van der Waals surface area contributed by atoms with Crippen molar-refractivity contribution >= 4 is 17.5 Å². The zero-order valence-corrected chi connectivity index (χ0v) is 16.1. The Morgan fingerprint density at radius 2 is 1.63 bits per heavy atom. The predicted molar refractivity (Wildman–Crippen MR) is 100 cm³/mol. The van der Waals surface area contributed by atoms with Crippen molar-refractivity contribution in [2.75, 3.05) is 18.4 Å². The molecule has 0 spiro atoms. The molecule has 0 heterocycles. The van der Waals surface area contributed by atoms with Crippen molar-refractivity contribution in [1.82, 2.24) is 4.90 Å². The number of amides is 2. The van der Waals surface area contributed by atoms with Gasteiger partial charge in [-0.1, -0.05) is 51.2 Å². The largest absolute Gasteiger partial charge is 0.418 e. The number of alkyl halides is 3. The first kappa shape index (κ1) is 23.0. The van der Waals surface area contributed by atoms with E-state index in [-0.39, 0.29) is 18.1 Å². The van der Waals surface area contributed by atoms with Crippen LogP contribution in [0.1, 0.15) is 64.4 Å². The van der Waals surface area contributed by atoms with Crippen LogP contribution >= 0.6 is 0 Å². The lowest BCUT2D eigenvalue weighted by molar-refractivity contribution is -0.137. The van der Waals surface area contributed by atoms with Gasteiger partial charge in [0, 0.05) is 13.0 Å². The lowest BCUT2D eigenvalue weighted by Crippen LogP contribution is -2.38. The van der Waals surface area contributed by atoms with Gasteiger partial charge in [-0.25, -0.2) is 0 Å². The van der Waals surface area contributed by atoms with Crippen LogP contribution in [-0.2, 0) is 15.8 Å². The second-order valence-corrected chi connectivity index (χ2v) is 6.52. The molecular formula is C20H29F3N2O2. The highest BCUT2D eigenvalue weighted by molar-refractivity contribution is 5.95. The van der Waals surface area contributed by atoms with Crippen LogP contribution in [0.5, 0.6) is 0 Å². The summed E-state index contributed by atoms with van der Waals surface area (Å²) in [5, 5.41) is 2.27. The minimum absolute atomic E-state index is 0.146. The third-order valence-corrected chi connectivity index (χ3v) is 4.32. The van der Waals surface area contributed by atoms with E-state index in [1.54, 1.807) is 6.92 Å². The summed E-state index contributed by atoms with van der Waals surface area (Å²) in [6.07, 6.45) is 2.12. The molecule has 2 amide bonds. The van der Waals surface area contributed by atoms with Crippen molar-refractivity contribution in [2.45, 2.75) is 65.0 Å². The number of halogens is 3. The molecule has 0 unspecified atom stereocenters. The van der Waals surface area contributed by atoms with E-state index in [2.05, 4.69) is 12.2 Å². The molecular weight excluding hydrogens is 357 g/mol. The van der Waals surface area contributed by atoms with E-state index in [0.717, 1.165) is 38.2 Å². The van der Waals surface area contributed by atoms with Gasteiger partial charge in [-0.15, -0.1) is 0 Å². The average Bonchev–Trinajstić information content (AvgIpc) is 2.62. The summed E-state index contributed by atoms with van der Waals surface area (Å²) in [6.45, 7) is 3.97. The summed E-state index contributed by atoms with van der Waals surface area (Å²) >= 11 is 0. The number of hydrogen-bond acceptors (Lipinski definition) is 2. The van der Waals surface area contributed by atoms with Crippen LogP contribution in [0.2, 0.25) is 0 Å². The first-order chi connectivity index (χ1) is 12.8. The SMILES string of the molecule is CCCCCCCCC(=O)N(CC)CC(=O)Nc1ccccc1C(F)(F)F. The van der Waals surface area contributed by atoms with E-state index in [4.69, 9.17) is 0 Å². The number of anilines is 1. The summed E-state index contributed by atoms with van der Waals surface area (Å²) in [6, 6.07) is 4.80. The molecule has 4 nitrogen and oxygen atoms in total. The molecule has 0 saturated heterocycles. The minimum Gasteiger partial charge on any atom is -0.334 e. The third-order valence-electron chi connectivity index (χ3n) is 4.32. The molecule has 1 N–H and O–H groups in total. The van der Waals surface area contributed by atoms with Crippen molar-refractivity contribution in [3.05, 3.63) is 29.8 Å². The molecule has 27 heavy (non-hydrogen) atoms. The molecule has 0 atom stereocenters. The molecule has 1 aromatic carbocycles. The van der Waals surface area contributed by atoms with Crippen molar-refractivity contribution in [2.24, 2.45) is 0 Å². The van der Waals surface area contributed by atoms with E-state index in [9.17, 15) is 22.8 Å². The zero-order chi connectivity index (χ0) is 20.3. The number of para-hydroxylation sites is 1. The molecule has 1 aromatic rings. The van der Waals surface area contributed by atoms with Gasteiger partial charge < -0.3 is 10.2 Å². The van der Waals surface area contributed by atoms with Crippen LogP contribution in [0.4, 0.5) is 18.9 Å². The van der Waals surface area contributed by atoms with Crippen molar-refractivity contribution in [3.8, 4) is 0 Å². The van der Waals surface area contributed by atoms with Gasteiger partial charge in [0.2, 0.25) is 11.8 Å². The van der Waals surface area contributed by atoms with Gasteiger partial charge >= 0.3 is 6.18 Å². The lowest BCUT2D eigenvalue weighted by atomic mass is 10.1. The quantitative estimate of drug-likeness (QED) is 0.529. The van der Waals surface area contributed by atoms with Gasteiger partial charge in [-0.3, -0.25) is 9.59 Å². The minimum atomic E-state index is -4.55. The van der Waals surface area contributed by atoms with Crippen molar-refractivity contribution in [1.29, 1.82) is 0 Å². The van der Waals surface area contributed by atoms with E-state index in [1.807, 2.05) is 0 Å². The van der Waals surface area contributed by atoms with E-state index >= 15 is 0 Å². The van der Waals surface area contributed by atoms with Gasteiger partial charge in [-0.05, 0) is 25.5 Å². The van der Waals surface area contributed by atoms with E-state index in [1.165, 1.54) is 29.5 Å². The number of benzene rings is 1. The molecule has 7 heteroatoms. The number of likely N-dealkylation sites (N-methyl/N-ethyl adjacent to an activating group) is 1. The average molecular weight is 386 g/mol. The highest BCUT2D eigenvalue weighted by Gasteiger charge is 2.33. The predicted octanol–water partition coefficient (Wildman–Crippen LogP) is 5.24. The van der Waals surface area contributed by atoms with Gasteiger partial charge in [0.15, 0.2) is 0 Å². The Hall–Kier alpha value is -2.05. The molecule has 0 aromatic heterocycles. The van der Waals surface area contributed by atoms with Crippen LogP contribution < -0.4 is 5.32 Å². The fourth-order valence-electron chi connectivity index (χ4n) is 2.79. The summed E-state index contributed by atoms with van der Waals surface area (Å²) in [5.41, 5.74) is -1.20. The van der Waals surface area contributed by atoms with Crippen molar-refractivity contribution in [3.63, 3.8) is 0 Å². The highest BCUT2D eigenvalue weighted by atomic mass is 19.4. The first-order valence-corrected chi connectivity index (χ1v) is 9.53. The van der Waals surface area contributed by atoms with Gasteiger partial charge in [-0.2, -0.15) is 13.2 Å². The summed E-state index contributed by atoms with van der Waals surface area (Å²) < 4.78 is 39.0.